The Morgan fingerprint density at radius 3 is 1.73 bits per heavy atom. The van der Waals surface area contributed by atoms with Crippen molar-refractivity contribution >= 4 is 26.9 Å². The van der Waals surface area contributed by atoms with Crippen LogP contribution in [0, 0.1) is 0 Å². The maximum absolute atomic E-state index is 6.55. The lowest BCUT2D eigenvalue weighted by Crippen LogP contribution is -2.39. The van der Waals surface area contributed by atoms with E-state index in [0.29, 0.717) is 5.82 Å². The van der Waals surface area contributed by atoms with E-state index in [1.807, 2.05) is 41.1 Å². The van der Waals surface area contributed by atoms with Gasteiger partial charge in [-0.25, -0.2) is 4.68 Å². The molecule has 0 saturated carbocycles. The molecule has 0 aliphatic rings. The number of para-hydroxylation sites is 1. The van der Waals surface area contributed by atoms with E-state index in [4.69, 9.17) is 14.7 Å². The van der Waals surface area contributed by atoms with Crippen LogP contribution in [0.15, 0.2) is 144 Å². The SMILES string of the molecule is BrCc1ccc(-c2oc3ccccc3c2-c2nnnn2C(c2ccccc2)(c2ccccc2)c2ccccc2)cc1. The highest BCUT2D eigenvalue weighted by atomic mass is 79.9. The number of tetrazole rings is 1. The van der Waals surface area contributed by atoms with Crippen molar-refractivity contribution in [3.05, 3.63) is 162 Å². The average Bonchev–Trinajstić information content (AvgIpc) is 3.68. The Kier molecular flexibility index (Phi) is 6.53. The third-order valence-corrected chi connectivity index (χ3v) is 8.20. The summed E-state index contributed by atoms with van der Waals surface area (Å²) in [5, 5.41) is 15.5. The molecule has 0 amide bonds. The van der Waals surface area contributed by atoms with E-state index in [0.717, 1.165) is 49.9 Å². The lowest BCUT2D eigenvalue weighted by molar-refractivity contribution is 0.451. The molecule has 0 saturated heterocycles. The Labute approximate surface area is 246 Å². The third-order valence-electron chi connectivity index (χ3n) is 7.55. The molecule has 0 aliphatic heterocycles. The highest BCUT2D eigenvalue weighted by Crippen LogP contribution is 2.46. The zero-order valence-electron chi connectivity index (χ0n) is 22.1. The smallest absolute Gasteiger partial charge is 0.188 e. The van der Waals surface area contributed by atoms with Crippen LogP contribution in [0.3, 0.4) is 0 Å². The monoisotopic (exact) mass is 596 g/mol. The molecule has 41 heavy (non-hydrogen) atoms. The average molecular weight is 598 g/mol. The van der Waals surface area contributed by atoms with Gasteiger partial charge in [-0.1, -0.05) is 149 Å². The van der Waals surface area contributed by atoms with Crippen LogP contribution in [0.1, 0.15) is 22.3 Å². The maximum atomic E-state index is 6.55. The fourth-order valence-corrected chi connectivity index (χ4v) is 6.06. The van der Waals surface area contributed by atoms with Crippen LogP contribution >= 0.6 is 15.9 Å². The molecule has 0 bridgehead atoms. The zero-order valence-corrected chi connectivity index (χ0v) is 23.6. The van der Waals surface area contributed by atoms with E-state index in [-0.39, 0.29) is 0 Å². The molecule has 0 spiro atoms. The van der Waals surface area contributed by atoms with Crippen molar-refractivity contribution in [2.75, 3.05) is 0 Å². The lowest BCUT2D eigenvalue weighted by atomic mass is 9.77. The van der Waals surface area contributed by atoms with E-state index in [2.05, 4.69) is 124 Å². The van der Waals surface area contributed by atoms with Crippen LogP contribution in [-0.2, 0) is 10.9 Å². The number of benzene rings is 5. The molecule has 6 heteroatoms. The van der Waals surface area contributed by atoms with E-state index < -0.39 is 5.54 Å². The van der Waals surface area contributed by atoms with Gasteiger partial charge in [0.05, 0.1) is 5.56 Å². The summed E-state index contributed by atoms with van der Waals surface area (Å²) in [6.45, 7) is 0. The molecule has 0 unspecified atom stereocenters. The van der Waals surface area contributed by atoms with Gasteiger partial charge in [0.2, 0.25) is 0 Å². The van der Waals surface area contributed by atoms with E-state index in [1.165, 1.54) is 5.56 Å². The second-order valence-electron chi connectivity index (χ2n) is 9.86. The fourth-order valence-electron chi connectivity index (χ4n) is 5.69. The molecule has 0 fully saturated rings. The summed E-state index contributed by atoms with van der Waals surface area (Å²) < 4.78 is 8.51. The molecule has 0 radical (unpaired) electrons. The Balaban J connectivity index is 1.58. The minimum atomic E-state index is -0.863. The van der Waals surface area contributed by atoms with Gasteiger partial charge in [-0.2, -0.15) is 0 Å². The predicted octanol–water partition coefficient (Wildman–Crippen LogP) is 8.49. The summed E-state index contributed by atoms with van der Waals surface area (Å²) in [7, 11) is 0. The standard InChI is InChI=1S/C35H25BrN4O/c36-24-25-20-22-26(23-21-25)33-32(30-18-10-11-19-31(30)41-33)34-37-38-39-40(34)35(27-12-4-1-5-13-27,28-14-6-2-7-15-28)29-16-8-3-9-17-29/h1-23H,24H2. The van der Waals surface area contributed by atoms with Crippen molar-refractivity contribution in [2.45, 2.75) is 10.9 Å². The molecular formula is C35H25BrN4O. The van der Waals surface area contributed by atoms with Crippen LogP contribution in [0.25, 0.3) is 33.7 Å². The van der Waals surface area contributed by atoms with Gasteiger partial charge in [-0.15, -0.1) is 5.10 Å². The number of halogens is 1. The summed E-state index contributed by atoms with van der Waals surface area (Å²) >= 11 is 3.56. The van der Waals surface area contributed by atoms with Gasteiger partial charge in [0.25, 0.3) is 0 Å². The summed E-state index contributed by atoms with van der Waals surface area (Å²) in [5.41, 5.74) is 6.04. The summed E-state index contributed by atoms with van der Waals surface area (Å²) in [5.74, 6) is 1.34. The first-order chi connectivity index (χ1) is 20.3. The third kappa shape index (κ3) is 4.19. The number of hydrogen-bond acceptors (Lipinski definition) is 4. The molecule has 5 nitrogen and oxygen atoms in total. The molecule has 2 heterocycles. The van der Waals surface area contributed by atoms with Gasteiger partial charge in [-0.05, 0) is 38.7 Å². The van der Waals surface area contributed by atoms with Gasteiger partial charge in [0.15, 0.2) is 5.82 Å². The quantitative estimate of drug-likeness (QED) is 0.137. The number of alkyl halides is 1. The molecule has 198 valence electrons. The highest BCUT2D eigenvalue weighted by molar-refractivity contribution is 9.08. The van der Waals surface area contributed by atoms with Gasteiger partial charge in [0, 0.05) is 16.3 Å². The lowest BCUT2D eigenvalue weighted by Gasteiger charge is -2.36. The minimum absolute atomic E-state index is 0.617. The summed E-state index contributed by atoms with van der Waals surface area (Å²) in [6, 6.07) is 47.7. The molecule has 0 N–H and O–H groups in total. The zero-order chi connectivity index (χ0) is 27.6. The van der Waals surface area contributed by atoms with Gasteiger partial charge in [-0.3, -0.25) is 0 Å². The maximum Gasteiger partial charge on any atom is 0.188 e. The van der Waals surface area contributed by atoms with Crippen LogP contribution in [-0.4, -0.2) is 20.2 Å². The first kappa shape index (κ1) is 25.2. The molecule has 0 atom stereocenters. The fraction of sp³-hybridized carbons (Fsp3) is 0.0571. The number of hydrogen-bond donors (Lipinski definition) is 0. The van der Waals surface area contributed by atoms with Crippen molar-refractivity contribution in [3.63, 3.8) is 0 Å². The van der Waals surface area contributed by atoms with E-state index in [9.17, 15) is 0 Å². The summed E-state index contributed by atoms with van der Waals surface area (Å²) in [6.07, 6.45) is 0. The number of aromatic nitrogens is 4. The second kappa shape index (κ2) is 10.6. The van der Waals surface area contributed by atoms with Gasteiger partial charge in [0.1, 0.15) is 16.9 Å². The Morgan fingerprint density at radius 2 is 1.17 bits per heavy atom. The minimum Gasteiger partial charge on any atom is -0.455 e. The van der Waals surface area contributed by atoms with E-state index in [1.54, 1.807) is 0 Å². The first-order valence-electron chi connectivity index (χ1n) is 13.4. The van der Waals surface area contributed by atoms with E-state index >= 15 is 0 Å². The Morgan fingerprint density at radius 1 is 0.634 bits per heavy atom. The Hall–Kier alpha value is -4.81. The van der Waals surface area contributed by atoms with Crippen LogP contribution in [0.2, 0.25) is 0 Å². The molecule has 5 aromatic carbocycles. The number of rotatable bonds is 7. The van der Waals surface area contributed by atoms with Crippen molar-refractivity contribution in [2.24, 2.45) is 0 Å². The van der Waals surface area contributed by atoms with Crippen LogP contribution < -0.4 is 0 Å². The number of nitrogens with zero attached hydrogens (tertiary/aromatic N) is 4. The molecule has 7 aromatic rings. The van der Waals surface area contributed by atoms with Crippen LogP contribution in [0.4, 0.5) is 0 Å². The van der Waals surface area contributed by atoms with Crippen molar-refractivity contribution in [1.29, 1.82) is 0 Å². The van der Waals surface area contributed by atoms with Gasteiger partial charge >= 0.3 is 0 Å². The van der Waals surface area contributed by atoms with Crippen molar-refractivity contribution in [1.82, 2.24) is 20.2 Å². The largest absolute Gasteiger partial charge is 0.455 e. The van der Waals surface area contributed by atoms with Gasteiger partial charge < -0.3 is 4.42 Å². The topological polar surface area (TPSA) is 56.7 Å². The number of furan rings is 1. The number of fused-ring (bicyclic) bond motifs is 1. The normalized spacial score (nSPS) is 11.6. The molecular weight excluding hydrogens is 572 g/mol. The van der Waals surface area contributed by atoms with Crippen LogP contribution in [0.5, 0.6) is 0 Å². The van der Waals surface area contributed by atoms with Crippen molar-refractivity contribution in [3.8, 4) is 22.7 Å². The van der Waals surface area contributed by atoms with Crippen molar-refractivity contribution < 1.29 is 4.42 Å². The first-order valence-corrected chi connectivity index (χ1v) is 14.6. The molecule has 7 rings (SSSR count). The predicted molar refractivity (Wildman–Crippen MR) is 166 cm³/mol. The highest BCUT2D eigenvalue weighted by Gasteiger charge is 2.42. The molecule has 2 aromatic heterocycles. The molecule has 0 aliphatic carbocycles. The summed E-state index contributed by atoms with van der Waals surface area (Å²) in [4.78, 5) is 0. The second-order valence-corrected chi connectivity index (χ2v) is 10.4. The Bertz CT molecular complexity index is 1820.